The molecule has 1 saturated heterocycles. The fourth-order valence-electron chi connectivity index (χ4n) is 4.45. The molecule has 7 nitrogen and oxygen atoms in total. The zero-order valence-corrected chi connectivity index (χ0v) is 17.3. The predicted octanol–water partition coefficient (Wildman–Crippen LogP) is 3.24. The largest absolute Gasteiger partial charge is 0.481 e. The third kappa shape index (κ3) is 4.55. The maximum absolute atomic E-state index is 12.3. The molecule has 2 amide bonds. The monoisotopic (exact) mass is 422 g/mol. The second-order valence-electron chi connectivity index (χ2n) is 8.00. The lowest BCUT2D eigenvalue weighted by atomic mass is 9.97. The number of aliphatic carboxylic acids is 1. The smallest absolute Gasteiger partial charge is 0.407 e. The minimum Gasteiger partial charge on any atom is -0.481 e. The van der Waals surface area contributed by atoms with Crippen LogP contribution in [0.5, 0.6) is 0 Å². The molecule has 0 unspecified atom stereocenters. The summed E-state index contributed by atoms with van der Waals surface area (Å²) in [5.41, 5.74) is 4.64. The van der Waals surface area contributed by atoms with Crippen molar-refractivity contribution in [3.8, 4) is 11.1 Å². The summed E-state index contributed by atoms with van der Waals surface area (Å²) in [5.74, 6) is -1.26. The van der Waals surface area contributed by atoms with Gasteiger partial charge in [0.2, 0.25) is 5.91 Å². The summed E-state index contributed by atoms with van der Waals surface area (Å²) in [6.45, 7) is 1.31. The molecule has 0 aromatic heterocycles. The number of alkyl carbamates (subject to hydrolysis) is 1. The number of likely N-dealkylation sites (tertiary alicyclic amines) is 1. The van der Waals surface area contributed by atoms with E-state index in [0.29, 0.717) is 25.9 Å². The lowest BCUT2D eigenvalue weighted by molar-refractivity contribution is -0.145. The van der Waals surface area contributed by atoms with E-state index in [2.05, 4.69) is 29.6 Å². The molecule has 2 aromatic rings. The maximum Gasteiger partial charge on any atom is 0.407 e. The summed E-state index contributed by atoms with van der Waals surface area (Å²) in [4.78, 5) is 37.1. The van der Waals surface area contributed by atoms with E-state index in [1.165, 1.54) is 11.1 Å². The molecule has 0 atom stereocenters. The zero-order chi connectivity index (χ0) is 21.8. The van der Waals surface area contributed by atoms with Crippen molar-refractivity contribution in [1.82, 2.24) is 10.2 Å². The number of ether oxygens (including phenoxy) is 1. The van der Waals surface area contributed by atoms with E-state index < -0.39 is 12.1 Å². The van der Waals surface area contributed by atoms with Gasteiger partial charge in [-0.05, 0) is 35.1 Å². The predicted molar refractivity (Wildman–Crippen MR) is 115 cm³/mol. The summed E-state index contributed by atoms with van der Waals surface area (Å²) >= 11 is 0. The molecule has 162 valence electrons. The van der Waals surface area contributed by atoms with Crippen LogP contribution in [-0.2, 0) is 14.3 Å². The van der Waals surface area contributed by atoms with Gasteiger partial charge in [0.25, 0.3) is 0 Å². The molecule has 7 heteroatoms. The molecule has 1 fully saturated rings. The van der Waals surface area contributed by atoms with Crippen LogP contribution in [0.15, 0.2) is 48.5 Å². The lowest BCUT2D eigenvalue weighted by Gasteiger charge is -2.30. The Kier molecular flexibility index (Phi) is 6.21. The van der Waals surface area contributed by atoms with Gasteiger partial charge in [-0.15, -0.1) is 0 Å². The van der Waals surface area contributed by atoms with E-state index >= 15 is 0 Å². The first-order valence-corrected chi connectivity index (χ1v) is 10.6. The fraction of sp³-hybridized carbons (Fsp3) is 0.375. The van der Waals surface area contributed by atoms with Crippen LogP contribution in [0, 0.1) is 5.92 Å². The molecule has 2 N–H and O–H groups in total. The van der Waals surface area contributed by atoms with Crippen LogP contribution < -0.4 is 5.32 Å². The molecule has 2 aliphatic rings. The average Bonchev–Trinajstić information content (AvgIpc) is 3.11. The molecule has 2 aromatic carbocycles. The van der Waals surface area contributed by atoms with Crippen molar-refractivity contribution in [2.75, 3.05) is 26.2 Å². The Labute approximate surface area is 181 Å². The molecule has 0 radical (unpaired) electrons. The van der Waals surface area contributed by atoms with Gasteiger partial charge in [0.05, 0.1) is 5.92 Å². The first-order chi connectivity index (χ1) is 15.0. The second-order valence-corrected chi connectivity index (χ2v) is 8.00. The third-order valence-electron chi connectivity index (χ3n) is 6.15. The third-order valence-corrected chi connectivity index (χ3v) is 6.15. The molecule has 4 rings (SSSR count). The van der Waals surface area contributed by atoms with Gasteiger partial charge in [-0.3, -0.25) is 9.59 Å². The van der Waals surface area contributed by atoms with Crippen molar-refractivity contribution >= 4 is 18.0 Å². The maximum atomic E-state index is 12.3. The van der Waals surface area contributed by atoms with E-state index in [9.17, 15) is 14.4 Å². The Hall–Kier alpha value is -3.35. The van der Waals surface area contributed by atoms with Crippen molar-refractivity contribution in [1.29, 1.82) is 0 Å². The zero-order valence-electron chi connectivity index (χ0n) is 17.3. The molecule has 0 bridgehead atoms. The van der Waals surface area contributed by atoms with Crippen LogP contribution in [0.2, 0.25) is 0 Å². The number of amides is 2. The highest BCUT2D eigenvalue weighted by Gasteiger charge is 2.29. The van der Waals surface area contributed by atoms with Gasteiger partial charge in [0, 0.05) is 32.0 Å². The Morgan fingerprint density at radius 1 is 0.968 bits per heavy atom. The molecule has 31 heavy (non-hydrogen) atoms. The van der Waals surface area contributed by atoms with E-state index in [0.717, 1.165) is 11.1 Å². The minimum absolute atomic E-state index is 0.00434. The number of hydrogen-bond acceptors (Lipinski definition) is 4. The van der Waals surface area contributed by atoms with E-state index in [4.69, 9.17) is 9.84 Å². The van der Waals surface area contributed by atoms with Gasteiger partial charge in [-0.25, -0.2) is 4.79 Å². The quantitative estimate of drug-likeness (QED) is 0.745. The van der Waals surface area contributed by atoms with Crippen LogP contribution in [-0.4, -0.2) is 54.2 Å². The Bertz CT molecular complexity index is 936. The minimum atomic E-state index is -0.802. The van der Waals surface area contributed by atoms with E-state index in [1.807, 2.05) is 24.3 Å². The van der Waals surface area contributed by atoms with E-state index in [-0.39, 0.29) is 37.3 Å². The summed E-state index contributed by atoms with van der Waals surface area (Å²) in [6.07, 6.45) is 0.572. The molecule has 1 heterocycles. The number of piperidine rings is 1. The second kappa shape index (κ2) is 9.20. The van der Waals surface area contributed by atoms with Gasteiger partial charge in [0.15, 0.2) is 0 Å². The number of hydrogen-bond donors (Lipinski definition) is 2. The van der Waals surface area contributed by atoms with Crippen molar-refractivity contribution in [2.45, 2.75) is 25.2 Å². The number of fused-ring (bicyclic) bond motifs is 3. The van der Waals surface area contributed by atoms with Gasteiger partial charge in [-0.1, -0.05) is 48.5 Å². The molecule has 0 spiro atoms. The molecular formula is C24H26N2O5. The van der Waals surface area contributed by atoms with Crippen molar-refractivity contribution in [2.24, 2.45) is 5.92 Å². The topological polar surface area (TPSA) is 95.9 Å². The van der Waals surface area contributed by atoms with Crippen molar-refractivity contribution in [3.05, 3.63) is 59.7 Å². The highest BCUT2D eigenvalue weighted by atomic mass is 16.5. The highest BCUT2D eigenvalue weighted by molar-refractivity contribution is 5.79. The van der Waals surface area contributed by atoms with Crippen molar-refractivity contribution < 1.29 is 24.2 Å². The first kappa shape index (κ1) is 20.9. The van der Waals surface area contributed by atoms with Gasteiger partial charge in [-0.2, -0.15) is 0 Å². The number of carbonyl (C=O) groups excluding carboxylic acids is 2. The molecule has 1 aliphatic carbocycles. The number of nitrogens with one attached hydrogen (secondary N) is 1. The van der Waals surface area contributed by atoms with Crippen LogP contribution in [0.4, 0.5) is 4.79 Å². The molecule has 1 aliphatic heterocycles. The number of benzene rings is 2. The summed E-state index contributed by atoms with van der Waals surface area (Å²) in [6, 6.07) is 16.3. The van der Waals surface area contributed by atoms with Crippen LogP contribution in [0.25, 0.3) is 11.1 Å². The van der Waals surface area contributed by atoms with Gasteiger partial charge in [0.1, 0.15) is 6.61 Å². The van der Waals surface area contributed by atoms with E-state index in [1.54, 1.807) is 4.90 Å². The Morgan fingerprint density at radius 2 is 1.55 bits per heavy atom. The Balaban J connectivity index is 1.23. The molecule has 0 saturated carbocycles. The van der Waals surface area contributed by atoms with Gasteiger partial charge >= 0.3 is 12.1 Å². The Morgan fingerprint density at radius 3 is 2.13 bits per heavy atom. The standard InChI is InChI=1S/C24H26N2O5/c27-22(26-13-10-16(11-14-26)23(28)29)9-12-25-24(30)31-15-21-19-7-3-1-5-17(19)18-6-2-4-8-20(18)21/h1-8,16,21H,9-15H2,(H,25,30)(H,28,29). The summed E-state index contributed by atoms with van der Waals surface area (Å²) in [5, 5.41) is 11.7. The summed E-state index contributed by atoms with van der Waals surface area (Å²) < 4.78 is 5.47. The number of carbonyl (C=O) groups is 3. The van der Waals surface area contributed by atoms with Crippen LogP contribution in [0.1, 0.15) is 36.3 Å². The number of nitrogens with zero attached hydrogens (tertiary/aromatic N) is 1. The number of rotatable bonds is 6. The molecular weight excluding hydrogens is 396 g/mol. The number of carboxylic acids is 1. The van der Waals surface area contributed by atoms with Crippen LogP contribution >= 0.6 is 0 Å². The lowest BCUT2D eigenvalue weighted by Crippen LogP contribution is -2.41. The number of carboxylic acid groups (broad SMARTS) is 1. The summed E-state index contributed by atoms with van der Waals surface area (Å²) in [7, 11) is 0. The van der Waals surface area contributed by atoms with Crippen LogP contribution in [0.3, 0.4) is 0 Å². The first-order valence-electron chi connectivity index (χ1n) is 10.6. The fourth-order valence-corrected chi connectivity index (χ4v) is 4.45. The normalized spacial score (nSPS) is 15.8. The SMILES string of the molecule is O=C(NCCC(=O)N1CCC(C(=O)O)CC1)OCC1c2ccccc2-c2ccccc21. The highest BCUT2D eigenvalue weighted by Crippen LogP contribution is 2.44. The average molecular weight is 422 g/mol. The van der Waals surface area contributed by atoms with Gasteiger partial charge < -0.3 is 20.1 Å². The van der Waals surface area contributed by atoms with Crippen molar-refractivity contribution in [3.63, 3.8) is 0 Å².